The van der Waals surface area contributed by atoms with E-state index in [1.165, 1.54) is 41.8 Å². The molecule has 0 bridgehead atoms. The molecule has 29 heavy (non-hydrogen) atoms. The zero-order valence-electron chi connectivity index (χ0n) is 16.1. The normalized spacial score (nSPS) is 14.4. The quantitative estimate of drug-likeness (QED) is 0.478. The fraction of sp³-hybridized carbons (Fsp3) is 0.381. The van der Waals surface area contributed by atoms with Crippen LogP contribution >= 0.6 is 34.9 Å². The van der Waals surface area contributed by atoms with Gasteiger partial charge in [0.25, 0.3) is 0 Å². The summed E-state index contributed by atoms with van der Waals surface area (Å²) >= 11 is 5.23. The minimum absolute atomic E-state index is 0.0750. The van der Waals surface area contributed by atoms with Crippen LogP contribution in [0.5, 0.6) is 0 Å². The van der Waals surface area contributed by atoms with Crippen molar-refractivity contribution >= 4 is 52.5 Å². The van der Waals surface area contributed by atoms with Crippen molar-refractivity contribution in [3.05, 3.63) is 57.3 Å². The Morgan fingerprint density at radius 3 is 2.48 bits per heavy atom. The second kappa shape index (κ2) is 10.8. The predicted molar refractivity (Wildman–Crippen MR) is 120 cm³/mol. The number of carbonyl (C=O) groups excluding carboxylic acids is 3. The van der Waals surface area contributed by atoms with Crippen molar-refractivity contribution in [2.75, 3.05) is 24.7 Å². The van der Waals surface area contributed by atoms with Gasteiger partial charge in [0.1, 0.15) is 0 Å². The van der Waals surface area contributed by atoms with E-state index < -0.39 is 5.97 Å². The van der Waals surface area contributed by atoms with Crippen molar-refractivity contribution in [2.24, 2.45) is 0 Å². The SMILES string of the molecule is CC(=O)NCCc1ccc(C(=O)COC(=O)c2ccc(C3SCCCS3)cc2)s1. The molecule has 5 nitrogen and oxygen atoms in total. The van der Waals surface area contributed by atoms with Crippen LogP contribution in [0.3, 0.4) is 0 Å². The lowest BCUT2D eigenvalue weighted by molar-refractivity contribution is -0.118. The van der Waals surface area contributed by atoms with E-state index in [2.05, 4.69) is 5.32 Å². The van der Waals surface area contributed by atoms with Gasteiger partial charge < -0.3 is 10.1 Å². The highest BCUT2D eigenvalue weighted by atomic mass is 32.2. The Balaban J connectivity index is 1.48. The van der Waals surface area contributed by atoms with Gasteiger partial charge in [0.2, 0.25) is 11.7 Å². The first kappa shape index (κ1) is 21.9. The van der Waals surface area contributed by atoms with E-state index >= 15 is 0 Å². The molecule has 0 saturated carbocycles. The zero-order valence-corrected chi connectivity index (χ0v) is 18.6. The highest BCUT2D eigenvalue weighted by Gasteiger charge is 2.18. The number of amides is 1. The van der Waals surface area contributed by atoms with Crippen LogP contribution in [0, 0.1) is 0 Å². The Bertz CT molecular complexity index is 857. The Hall–Kier alpha value is -1.77. The monoisotopic (exact) mass is 449 g/mol. The summed E-state index contributed by atoms with van der Waals surface area (Å²) in [5, 5.41) is 2.73. The number of ketones is 1. The number of thioether (sulfide) groups is 2. The summed E-state index contributed by atoms with van der Waals surface area (Å²) in [6.07, 6.45) is 1.91. The Kier molecular flexibility index (Phi) is 8.20. The van der Waals surface area contributed by atoms with Gasteiger partial charge in [0.05, 0.1) is 15.0 Å². The van der Waals surface area contributed by atoms with Gasteiger partial charge in [-0.25, -0.2) is 4.79 Å². The average Bonchev–Trinajstić information content (AvgIpc) is 3.21. The summed E-state index contributed by atoms with van der Waals surface area (Å²) in [6, 6.07) is 11.1. The lowest BCUT2D eigenvalue weighted by Gasteiger charge is -2.21. The van der Waals surface area contributed by atoms with Crippen molar-refractivity contribution in [1.82, 2.24) is 5.32 Å². The Morgan fingerprint density at radius 1 is 1.07 bits per heavy atom. The molecule has 0 atom stereocenters. The van der Waals surface area contributed by atoms with E-state index in [0.29, 0.717) is 28.0 Å². The molecule has 1 aromatic heterocycles. The molecule has 1 N–H and O–H groups in total. The van der Waals surface area contributed by atoms with Crippen molar-refractivity contribution in [3.8, 4) is 0 Å². The van der Waals surface area contributed by atoms with Crippen LogP contribution in [0.1, 0.15) is 48.4 Å². The summed E-state index contributed by atoms with van der Waals surface area (Å²) < 4.78 is 5.63. The molecule has 1 saturated heterocycles. The van der Waals surface area contributed by atoms with Crippen molar-refractivity contribution in [1.29, 1.82) is 0 Å². The van der Waals surface area contributed by atoms with Crippen LogP contribution in [0.15, 0.2) is 36.4 Å². The van der Waals surface area contributed by atoms with Crippen LogP contribution in [0.2, 0.25) is 0 Å². The second-order valence-corrected chi connectivity index (χ2v) is 10.4. The van der Waals surface area contributed by atoms with E-state index in [-0.39, 0.29) is 18.3 Å². The third-order valence-corrected chi connectivity index (χ3v) is 8.46. The van der Waals surface area contributed by atoms with Crippen LogP contribution < -0.4 is 5.32 Å². The summed E-state index contributed by atoms with van der Waals surface area (Å²) in [5.74, 6) is 1.55. The van der Waals surface area contributed by atoms with Crippen LogP contribution in [-0.2, 0) is 16.0 Å². The van der Waals surface area contributed by atoms with E-state index in [9.17, 15) is 14.4 Å². The van der Waals surface area contributed by atoms with E-state index in [4.69, 9.17) is 4.74 Å². The molecule has 1 aromatic carbocycles. The van der Waals surface area contributed by atoms with Gasteiger partial charge in [-0.2, -0.15) is 0 Å². The third-order valence-electron chi connectivity index (χ3n) is 4.26. The van der Waals surface area contributed by atoms with Crippen molar-refractivity contribution in [3.63, 3.8) is 0 Å². The highest BCUT2D eigenvalue weighted by Crippen LogP contribution is 2.43. The van der Waals surface area contributed by atoms with Gasteiger partial charge in [0.15, 0.2) is 6.61 Å². The first-order valence-electron chi connectivity index (χ1n) is 9.39. The summed E-state index contributed by atoms with van der Waals surface area (Å²) in [4.78, 5) is 37.0. The predicted octanol–water partition coefficient (Wildman–Crippen LogP) is 4.34. The fourth-order valence-corrected chi connectivity index (χ4v) is 6.59. The number of hydrogen-bond donors (Lipinski definition) is 1. The van der Waals surface area contributed by atoms with E-state index in [0.717, 1.165) is 4.88 Å². The maximum absolute atomic E-state index is 12.3. The molecule has 0 spiro atoms. The number of thiophene rings is 1. The van der Waals surface area contributed by atoms with E-state index in [1.54, 1.807) is 18.2 Å². The standard InChI is InChI=1S/C21H23NO4S3/c1-14(23)22-10-9-17-7-8-19(29-17)18(24)13-26-20(25)15-3-5-16(6-4-15)21-27-11-2-12-28-21/h3-8,21H,2,9-13H2,1H3,(H,22,23). The number of esters is 1. The van der Waals surface area contributed by atoms with Crippen LogP contribution in [0.25, 0.3) is 0 Å². The number of ether oxygens (including phenoxy) is 1. The maximum Gasteiger partial charge on any atom is 0.338 e. The van der Waals surface area contributed by atoms with Crippen molar-refractivity contribution in [2.45, 2.75) is 24.3 Å². The number of hydrogen-bond acceptors (Lipinski definition) is 7. The number of nitrogens with one attached hydrogen (secondary N) is 1. The third kappa shape index (κ3) is 6.62. The molecular formula is C21H23NO4S3. The second-order valence-electron chi connectivity index (χ2n) is 6.55. The smallest absolute Gasteiger partial charge is 0.338 e. The lowest BCUT2D eigenvalue weighted by Crippen LogP contribution is -2.22. The molecule has 3 rings (SSSR count). The molecule has 8 heteroatoms. The first-order chi connectivity index (χ1) is 14.0. The molecule has 2 heterocycles. The van der Waals surface area contributed by atoms with Gasteiger partial charge in [-0.1, -0.05) is 12.1 Å². The summed E-state index contributed by atoms with van der Waals surface area (Å²) in [7, 11) is 0. The van der Waals surface area contributed by atoms with Crippen molar-refractivity contribution < 1.29 is 19.1 Å². The molecule has 2 aromatic rings. The van der Waals surface area contributed by atoms with Gasteiger partial charge in [0, 0.05) is 18.3 Å². The molecular weight excluding hydrogens is 426 g/mol. The minimum Gasteiger partial charge on any atom is -0.454 e. The fourth-order valence-electron chi connectivity index (χ4n) is 2.77. The number of benzene rings is 1. The molecule has 1 amide bonds. The van der Waals surface area contributed by atoms with Gasteiger partial charge in [-0.15, -0.1) is 34.9 Å². The highest BCUT2D eigenvalue weighted by molar-refractivity contribution is 8.16. The molecule has 0 unspecified atom stereocenters. The lowest BCUT2D eigenvalue weighted by atomic mass is 10.1. The number of rotatable bonds is 8. The average molecular weight is 450 g/mol. The summed E-state index contributed by atoms with van der Waals surface area (Å²) in [6.45, 7) is 1.73. The zero-order chi connectivity index (χ0) is 20.6. The van der Waals surface area contributed by atoms with Gasteiger partial charge >= 0.3 is 5.97 Å². The molecule has 154 valence electrons. The summed E-state index contributed by atoms with van der Waals surface area (Å²) in [5.41, 5.74) is 1.66. The molecule has 1 aliphatic heterocycles. The Labute approximate surface area is 183 Å². The molecule has 0 radical (unpaired) electrons. The molecule has 1 fully saturated rings. The minimum atomic E-state index is -0.490. The van der Waals surface area contributed by atoms with Gasteiger partial charge in [-0.3, -0.25) is 9.59 Å². The maximum atomic E-state index is 12.3. The topological polar surface area (TPSA) is 72.5 Å². The van der Waals surface area contributed by atoms with E-state index in [1.807, 2.05) is 41.7 Å². The van der Waals surface area contributed by atoms with Crippen LogP contribution in [0.4, 0.5) is 0 Å². The number of carbonyl (C=O) groups is 3. The van der Waals surface area contributed by atoms with Crippen LogP contribution in [-0.4, -0.2) is 42.3 Å². The Morgan fingerprint density at radius 2 is 1.79 bits per heavy atom. The molecule has 1 aliphatic rings. The van der Waals surface area contributed by atoms with Gasteiger partial charge in [-0.05, 0) is 54.2 Å². The molecule has 0 aliphatic carbocycles. The first-order valence-corrected chi connectivity index (χ1v) is 12.3. The largest absolute Gasteiger partial charge is 0.454 e. The number of Topliss-reactive ketones (excluding diaryl/α,β-unsaturated/α-hetero) is 1.